The highest BCUT2D eigenvalue weighted by molar-refractivity contribution is 6.55. The summed E-state index contributed by atoms with van der Waals surface area (Å²) in [7, 11) is 11.7. The number of hydrazine groups is 1. The van der Waals surface area contributed by atoms with Crippen LogP contribution in [0.5, 0.6) is 0 Å². The number of nitrogens with two attached hydrogens (primary N) is 3. The lowest BCUT2D eigenvalue weighted by atomic mass is 9.97. The number of hydrogen-bond acceptors (Lipinski definition) is 16. The maximum atomic E-state index is 12.4. The molecule has 12 N–H and O–H groups in total. The molecule has 21 nitrogen and oxygen atoms in total. The zero-order chi connectivity index (χ0) is 53.5. The smallest absolute Gasteiger partial charge is 0.312 e. The number of nitrogens with one attached hydrogen (secondary N) is 6. The van der Waals surface area contributed by atoms with Crippen LogP contribution in [-0.2, 0) is 49.5 Å². The van der Waals surface area contributed by atoms with Crippen LogP contribution >= 0.6 is 0 Å². The molecular formula is C48H89BN10O11. The summed E-state index contributed by atoms with van der Waals surface area (Å²) in [4.78, 5) is 64.9. The number of methoxy groups -OCH3 is 1. The van der Waals surface area contributed by atoms with Crippen molar-refractivity contribution in [2.24, 2.45) is 35.1 Å². The molecule has 0 bridgehead atoms. The lowest BCUT2D eigenvalue weighted by molar-refractivity contribution is -0.132. The molecule has 3 unspecified atom stereocenters. The Kier molecular flexibility index (Phi) is 38.3. The summed E-state index contributed by atoms with van der Waals surface area (Å²) in [6, 6.07) is 6.03. The van der Waals surface area contributed by atoms with Gasteiger partial charge in [-0.25, -0.2) is 10.6 Å². The minimum atomic E-state index is -0.809. The first-order valence-electron chi connectivity index (χ1n) is 23.8. The van der Waals surface area contributed by atoms with Crippen molar-refractivity contribution in [2.75, 3.05) is 92.8 Å². The third kappa shape index (κ3) is 35.3. The van der Waals surface area contributed by atoms with Crippen molar-refractivity contribution >= 4 is 49.9 Å². The maximum Gasteiger partial charge on any atom is 0.312 e. The van der Waals surface area contributed by atoms with E-state index in [1.165, 1.54) is 6.42 Å². The number of carbonyl (C=O) groups excluding carboxylic acids is 6. The van der Waals surface area contributed by atoms with Gasteiger partial charge in [0, 0.05) is 50.9 Å². The lowest BCUT2D eigenvalue weighted by Crippen LogP contribution is -2.53. The Balaban J connectivity index is 0. The first kappa shape index (κ1) is 67.2. The standard InChI is InChI=1S/C23H42N4O3.C11H13BN2O3.C8H18N2O3.C4H10N2O.C2H6O/c1-15(2)19(13-28)26-21(29)12-23(5,6)30-14-22(3,4)27(25)20-10-8-17-11-16(17)7-9-18(20)24;1-13-6-10(15)14-9-4-2-8(3-5-9)7-17-11(12)16;1-9-2-4-12-6-7-13-5-3-10-8-11;1-2-3-6-4(5)7;1-3-2/h13,15-17,19H,7-12,14,24-25H2,1-6H3,(H,26,29);2-5,13H,6-7H2,1H3,(H,14,15);8-9H,2-7H2,1H3,(H,10,11);2-3H2,1H3,(H3,5,6,7);1-2H3/b20-18-;;;;. The molecule has 1 aromatic rings. The number of anilines is 1. The third-order valence-corrected chi connectivity index (χ3v) is 10.4. The highest BCUT2D eigenvalue weighted by Crippen LogP contribution is 2.48. The number of fused-ring (bicyclic) bond motifs is 1. The molecule has 0 aromatic heterocycles. The van der Waals surface area contributed by atoms with E-state index in [1.807, 2.05) is 55.5 Å². The molecule has 2 aliphatic rings. The number of ether oxygens (including phenoxy) is 5. The van der Waals surface area contributed by atoms with Gasteiger partial charge in [0.15, 0.2) is 0 Å². The molecule has 1 saturated carbocycles. The largest absolute Gasteiger partial charge is 0.470 e. The number of likely N-dealkylation sites (N-methyl/N-ethyl adjacent to an activating group) is 2. The number of carbonyl (C=O) groups is 6. The Morgan fingerprint density at radius 1 is 0.886 bits per heavy atom. The van der Waals surface area contributed by atoms with Crippen LogP contribution in [0.25, 0.3) is 0 Å². The predicted octanol–water partition coefficient (Wildman–Crippen LogP) is 2.81. The number of aldehydes is 1. The van der Waals surface area contributed by atoms with Gasteiger partial charge in [0.25, 0.3) is 0 Å². The minimum absolute atomic E-state index is 0.0497. The van der Waals surface area contributed by atoms with Gasteiger partial charge in [0.1, 0.15) is 12.9 Å². The lowest BCUT2D eigenvalue weighted by Gasteiger charge is -2.41. The molecule has 0 heterocycles. The van der Waals surface area contributed by atoms with E-state index in [0.717, 1.165) is 73.7 Å². The van der Waals surface area contributed by atoms with Gasteiger partial charge in [-0.15, -0.1) is 0 Å². The number of hydrogen-bond donors (Lipinski definition) is 9. The Morgan fingerprint density at radius 2 is 1.47 bits per heavy atom. The van der Waals surface area contributed by atoms with Crippen LogP contribution in [0.2, 0.25) is 0 Å². The van der Waals surface area contributed by atoms with Crippen molar-refractivity contribution in [3.8, 4) is 0 Å². The highest BCUT2D eigenvalue weighted by Gasteiger charge is 2.39. The first-order valence-corrected chi connectivity index (χ1v) is 23.8. The summed E-state index contributed by atoms with van der Waals surface area (Å²) < 4.78 is 25.4. The van der Waals surface area contributed by atoms with Gasteiger partial charge in [-0.05, 0) is 116 Å². The SMILES string of the molecule is CC(C)C(C=O)NC(=O)CC(C)(C)OCC(C)(C)N(N)/C1=C(\N)CCC2CC2CC1.CCCNC(N)=O.CNCCOCCOCCNC=O.COC.[B]C(=O)OCc1ccc(NC(=O)CNC)cc1. The fourth-order valence-corrected chi connectivity index (χ4v) is 6.24. The van der Waals surface area contributed by atoms with E-state index in [9.17, 15) is 28.8 Å². The van der Waals surface area contributed by atoms with Gasteiger partial charge >= 0.3 is 6.03 Å². The molecular weight excluding hydrogens is 903 g/mol. The van der Waals surface area contributed by atoms with Crippen molar-refractivity contribution in [1.82, 2.24) is 31.6 Å². The second kappa shape index (κ2) is 39.8. The molecule has 3 atom stereocenters. The second-order valence-electron chi connectivity index (χ2n) is 18.2. The van der Waals surface area contributed by atoms with Crippen LogP contribution in [0, 0.1) is 17.8 Å². The number of nitrogens with zero attached hydrogens (tertiary/aromatic N) is 1. The molecule has 0 spiro atoms. The summed E-state index contributed by atoms with van der Waals surface area (Å²) in [6.07, 6.45) is 7.98. The van der Waals surface area contributed by atoms with Crippen molar-refractivity contribution < 1.29 is 52.5 Å². The fourth-order valence-electron chi connectivity index (χ4n) is 6.24. The summed E-state index contributed by atoms with van der Waals surface area (Å²) >= 11 is 0. The van der Waals surface area contributed by atoms with E-state index in [2.05, 4.69) is 41.4 Å². The number of allylic oxidation sites excluding steroid dienone is 2. The monoisotopic (exact) mass is 993 g/mol. The topological polar surface area (TPSA) is 302 Å². The van der Waals surface area contributed by atoms with Crippen molar-refractivity contribution in [3.63, 3.8) is 0 Å². The minimum Gasteiger partial charge on any atom is -0.470 e. The summed E-state index contributed by atoms with van der Waals surface area (Å²) in [6.45, 7) is 18.8. The van der Waals surface area contributed by atoms with Crippen LogP contribution in [-0.4, -0.2) is 154 Å². The maximum absolute atomic E-state index is 12.4. The number of primary amides is 1. The van der Waals surface area contributed by atoms with Crippen LogP contribution in [0.3, 0.4) is 0 Å². The summed E-state index contributed by atoms with van der Waals surface area (Å²) in [5, 5.41) is 17.9. The Labute approximate surface area is 419 Å². The quantitative estimate of drug-likeness (QED) is 0.0201. The van der Waals surface area contributed by atoms with Gasteiger partial charge in [-0.3, -0.25) is 19.2 Å². The van der Waals surface area contributed by atoms with Crippen LogP contribution in [0.15, 0.2) is 35.7 Å². The molecule has 1 fully saturated rings. The second-order valence-corrected chi connectivity index (χ2v) is 18.2. The Hall–Kier alpha value is -4.84. The highest BCUT2D eigenvalue weighted by atomic mass is 16.5. The molecule has 0 saturated heterocycles. The molecule has 22 heteroatoms. The van der Waals surface area contributed by atoms with E-state index in [1.54, 1.807) is 50.5 Å². The van der Waals surface area contributed by atoms with Crippen molar-refractivity contribution in [2.45, 2.75) is 117 Å². The van der Waals surface area contributed by atoms with E-state index in [4.69, 9.17) is 39.4 Å². The molecule has 5 amide bonds. The number of benzene rings is 1. The zero-order valence-corrected chi connectivity index (χ0v) is 44.0. The van der Waals surface area contributed by atoms with Gasteiger partial charge in [0.05, 0.1) is 63.2 Å². The molecule has 2 radical (unpaired) electrons. The van der Waals surface area contributed by atoms with E-state index < -0.39 is 29.1 Å². The number of urea groups is 1. The molecule has 400 valence electrons. The van der Waals surface area contributed by atoms with Crippen LogP contribution < -0.4 is 49.2 Å². The van der Waals surface area contributed by atoms with E-state index >= 15 is 0 Å². The zero-order valence-electron chi connectivity index (χ0n) is 44.0. The van der Waals surface area contributed by atoms with E-state index in [0.29, 0.717) is 58.2 Å². The fraction of sp³-hybridized carbons (Fsp3) is 0.708. The third-order valence-electron chi connectivity index (χ3n) is 10.4. The van der Waals surface area contributed by atoms with Gasteiger partial charge in [-0.1, -0.05) is 32.9 Å². The predicted molar refractivity (Wildman–Crippen MR) is 274 cm³/mol. The Bertz CT molecular complexity index is 1640. The molecule has 2 aliphatic carbocycles. The summed E-state index contributed by atoms with van der Waals surface area (Å²) in [5.74, 6) is 7.16. The first-order chi connectivity index (χ1) is 33.1. The normalized spacial score (nSPS) is 16.3. The average molecular weight is 993 g/mol. The van der Waals surface area contributed by atoms with Gasteiger partial charge in [0.2, 0.25) is 31.9 Å². The van der Waals surface area contributed by atoms with Crippen LogP contribution in [0.1, 0.15) is 99.0 Å². The van der Waals surface area contributed by atoms with Crippen molar-refractivity contribution in [3.05, 3.63) is 41.2 Å². The average Bonchev–Trinajstić information content (AvgIpc) is 4.05. The number of rotatable bonds is 27. The summed E-state index contributed by atoms with van der Waals surface area (Å²) in [5.41, 5.74) is 13.4. The Morgan fingerprint density at radius 3 is 1.96 bits per heavy atom. The van der Waals surface area contributed by atoms with E-state index in [-0.39, 0.29) is 37.3 Å². The molecule has 0 aliphatic heterocycles. The van der Waals surface area contributed by atoms with Crippen molar-refractivity contribution in [1.29, 1.82) is 0 Å². The van der Waals surface area contributed by atoms with Gasteiger partial charge in [-0.2, -0.15) is 0 Å². The van der Waals surface area contributed by atoms with Gasteiger partial charge < -0.3 is 76.9 Å². The van der Waals surface area contributed by atoms with Crippen LogP contribution in [0.4, 0.5) is 15.3 Å². The molecule has 70 heavy (non-hydrogen) atoms. The number of amides is 5. The molecule has 1 aromatic carbocycles. The molecule has 3 rings (SSSR count).